The molecule has 1 aromatic heterocycles. The molecule has 0 atom stereocenters. The number of ether oxygens (including phenoxy) is 4. The van der Waals surface area contributed by atoms with E-state index in [0.29, 0.717) is 61.3 Å². The number of para-hydroxylation sites is 3. The average molecular weight is 464 g/mol. The monoisotopic (exact) mass is 463 g/mol. The van der Waals surface area contributed by atoms with Gasteiger partial charge in [0, 0.05) is 45.0 Å². The van der Waals surface area contributed by atoms with E-state index in [0.717, 1.165) is 5.56 Å². The van der Waals surface area contributed by atoms with Gasteiger partial charge in [-0.05, 0) is 30.3 Å². The predicted molar refractivity (Wildman–Crippen MR) is 128 cm³/mol. The first-order valence-electron chi connectivity index (χ1n) is 11.1. The number of benzene rings is 2. The van der Waals surface area contributed by atoms with Gasteiger partial charge in [0.25, 0.3) is 5.91 Å². The van der Waals surface area contributed by atoms with Gasteiger partial charge in [0.05, 0.1) is 14.2 Å². The number of amides is 1. The lowest BCUT2D eigenvalue weighted by molar-refractivity contribution is 0.0770. The highest BCUT2D eigenvalue weighted by Crippen LogP contribution is 2.33. The fourth-order valence-corrected chi connectivity index (χ4v) is 3.87. The first kappa shape index (κ1) is 23.4. The lowest BCUT2D eigenvalue weighted by atomic mass is 10.1. The first-order valence-corrected chi connectivity index (χ1v) is 11.1. The Hall–Kier alpha value is -3.78. The van der Waals surface area contributed by atoms with Crippen molar-refractivity contribution in [3.63, 3.8) is 0 Å². The van der Waals surface area contributed by atoms with Crippen LogP contribution in [0.2, 0.25) is 0 Å². The molecule has 34 heavy (non-hydrogen) atoms. The summed E-state index contributed by atoms with van der Waals surface area (Å²) in [5.74, 6) is 2.60. The van der Waals surface area contributed by atoms with Crippen molar-refractivity contribution in [2.75, 3.05) is 47.5 Å². The summed E-state index contributed by atoms with van der Waals surface area (Å²) >= 11 is 0. The van der Waals surface area contributed by atoms with Crippen LogP contribution in [0.5, 0.6) is 28.9 Å². The molecule has 1 aliphatic heterocycles. The van der Waals surface area contributed by atoms with Gasteiger partial charge in [-0.3, -0.25) is 9.69 Å². The molecule has 0 radical (unpaired) electrons. The van der Waals surface area contributed by atoms with Crippen molar-refractivity contribution in [3.8, 4) is 28.9 Å². The van der Waals surface area contributed by atoms with E-state index in [1.54, 1.807) is 50.6 Å². The fourth-order valence-electron chi connectivity index (χ4n) is 3.87. The highest BCUT2D eigenvalue weighted by Gasteiger charge is 2.21. The highest BCUT2D eigenvalue weighted by molar-refractivity contribution is 5.96. The van der Waals surface area contributed by atoms with E-state index in [2.05, 4.69) is 9.88 Å². The van der Waals surface area contributed by atoms with E-state index in [1.165, 1.54) is 0 Å². The molecule has 4 rings (SSSR count). The van der Waals surface area contributed by atoms with Crippen molar-refractivity contribution in [1.29, 1.82) is 0 Å². The van der Waals surface area contributed by atoms with Gasteiger partial charge in [0.1, 0.15) is 12.2 Å². The van der Waals surface area contributed by atoms with Crippen molar-refractivity contribution in [3.05, 3.63) is 71.9 Å². The van der Waals surface area contributed by atoms with E-state index >= 15 is 0 Å². The second kappa shape index (κ2) is 10.9. The summed E-state index contributed by atoms with van der Waals surface area (Å²) in [6.45, 7) is 2.86. The molecule has 0 fully saturated rings. The highest BCUT2D eigenvalue weighted by atomic mass is 16.5. The minimum absolute atomic E-state index is 0.153. The second-order valence-corrected chi connectivity index (χ2v) is 7.91. The lowest BCUT2D eigenvalue weighted by Crippen LogP contribution is -2.38. The van der Waals surface area contributed by atoms with Gasteiger partial charge in [0.15, 0.2) is 23.0 Å². The molecule has 0 N–H and O–H groups in total. The van der Waals surface area contributed by atoms with Crippen molar-refractivity contribution in [2.24, 2.45) is 0 Å². The molecule has 1 aliphatic rings. The maximum atomic E-state index is 13.2. The number of rotatable bonds is 4. The molecule has 0 aliphatic carbocycles. The SMILES string of the molecule is COc1cccc(CN2CCOc3ccccc3Oc3ncccc3C(=O)N(C)CC2)c1OC. The molecule has 1 amide bonds. The largest absolute Gasteiger partial charge is 0.493 e. The molecule has 0 saturated heterocycles. The number of carbonyl (C=O) groups is 1. The maximum Gasteiger partial charge on any atom is 0.259 e. The Morgan fingerprint density at radius 2 is 1.76 bits per heavy atom. The molecule has 8 heteroatoms. The fraction of sp³-hybridized carbons (Fsp3) is 0.308. The van der Waals surface area contributed by atoms with E-state index in [4.69, 9.17) is 18.9 Å². The van der Waals surface area contributed by atoms with Crippen LogP contribution in [-0.4, -0.2) is 68.2 Å². The topological polar surface area (TPSA) is 73.4 Å². The average Bonchev–Trinajstić information content (AvgIpc) is 2.87. The Morgan fingerprint density at radius 3 is 2.56 bits per heavy atom. The smallest absolute Gasteiger partial charge is 0.259 e. The van der Waals surface area contributed by atoms with Crippen LogP contribution in [0.1, 0.15) is 15.9 Å². The zero-order valence-corrected chi connectivity index (χ0v) is 19.7. The summed E-state index contributed by atoms with van der Waals surface area (Å²) < 4.78 is 23.2. The molecule has 8 nitrogen and oxygen atoms in total. The first-order chi connectivity index (χ1) is 16.6. The van der Waals surface area contributed by atoms with Gasteiger partial charge in [-0.25, -0.2) is 4.98 Å². The summed E-state index contributed by atoms with van der Waals surface area (Å²) in [4.78, 5) is 21.4. The van der Waals surface area contributed by atoms with Crippen molar-refractivity contribution >= 4 is 5.91 Å². The number of fused-ring (bicyclic) bond motifs is 2. The number of carbonyl (C=O) groups excluding carboxylic acids is 1. The second-order valence-electron chi connectivity index (χ2n) is 7.91. The van der Waals surface area contributed by atoms with Crippen LogP contribution < -0.4 is 18.9 Å². The number of likely N-dealkylation sites (N-methyl/N-ethyl adjacent to an activating group) is 1. The quantitative estimate of drug-likeness (QED) is 0.582. The molecule has 2 aromatic carbocycles. The van der Waals surface area contributed by atoms with Crippen LogP contribution in [0, 0.1) is 0 Å². The maximum absolute atomic E-state index is 13.2. The zero-order valence-electron chi connectivity index (χ0n) is 19.7. The Balaban J connectivity index is 1.63. The van der Waals surface area contributed by atoms with E-state index in [1.807, 2.05) is 36.4 Å². The molecular formula is C26H29N3O5. The van der Waals surface area contributed by atoms with E-state index < -0.39 is 0 Å². The molecule has 0 unspecified atom stereocenters. The Labute approximate surface area is 199 Å². The standard InChI is InChI=1S/C26H29N3O5/c1-28-14-15-29(18-19-8-6-12-23(31-2)24(19)32-3)16-17-33-21-10-4-5-11-22(21)34-25-20(26(28)30)9-7-13-27-25/h4-13H,14-18H2,1-3H3. The summed E-state index contributed by atoms with van der Waals surface area (Å²) in [7, 11) is 5.05. The number of hydrogen-bond acceptors (Lipinski definition) is 7. The van der Waals surface area contributed by atoms with Crippen molar-refractivity contribution in [1.82, 2.24) is 14.8 Å². The molecule has 0 saturated carbocycles. The minimum atomic E-state index is -0.153. The number of pyridine rings is 1. The molecule has 178 valence electrons. The Bertz CT molecular complexity index is 1140. The third-order valence-corrected chi connectivity index (χ3v) is 5.70. The summed E-state index contributed by atoms with van der Waals surface area (Å²) in [6.07, 6.45) is 1.61. The van der Waals surface area contributed by atoms with E-state index in [-0.39, 0.29) is 11.8 Å². The van der Waals surface area contributed by atoms with Crippen LogP contribution in [0.15, 0.2) is 60.8 Å². The normalized spacial score (nSPS) is 14.9. The van der Waals surface area contributed by atoms with Crippen LogP contribution in [0.4, 0.5) is 0 Å². The summed E-state index contributed by atoms with van der Waals surface area (Å²) in [5, 5.41) is 0. The molecule has 0 bridgehead atoms. The molecular weight excluding hydrogens is 434 g/mol. The third-order valence-electron chi connectivity index (χ3n) is 5.70. The molecule has 0 spiro atoms. The summed E-state index contributed by atoms with van der Waals surface area (Å²) in [5.41, 5.74) is 1.40. The predicted octanol–water partition coefficient (Wildman–Crippen LogP) is 3.86. The summed E-state index contributed by atoms with van der Waals surface area (Å²) in [6, 6.07) is 16.7. The minimum Gasteiger partial charge on any atom is -0.493 e. The number of methoxy groups -OCH3 is 2. The van der Waals surface area contributed by atoms with Crippen LogP contribution in [-0.2, 0) is 6.54 Å². The Kier molecular flexibility index (Phi) is 7.49. The number of aromatic nitrogens is 1. The van der Waals surface area contributed by atoms with Gasteiger partial charge >= 0.3 is 0 Å². The van der Waals surface area contributed by atoms with Gasteiger partial charge in [-0.15, -0.1) is 0 Å². The van der Waals surface area contributed by atoms with Crippen molar-refractivity contribution < 1.29 is 23.7 Å². The van der Waals surface area contributed by atoms with E-state index in [9.17, 15) is 4.79 Å². The third kappa shape index (κ3) is 5.23. The Morgan fingerprint density at radius 1 is 0.941 bits per heavy atom. The molecule has 3 aromatic rings. The van der Waals surface area contributed by atoms with Gasteiger partial charge in [-0.2, -0.15) is 0 Å². The number of nitrogens with zero attached hydrogens (tertiary/aromatic N) is 3. The van der Waals surface area contributed by atoms with Gasteiger partial charge in [-0.1, -0.05) is 24.3 Å². The number of hydrogen-bond donors (Lipinski definition) is 0. The van der Waals surface area contributed by atoms with Gasteiger partial charge in [0.2, 0.25) is 5.88 Å². The van der Waals surface area contributed by atoms with Crippen LogP contribution in [0.25, 0.3) is 0 Å². The molecule has 2 heterocycles. The zero-order chi connectivity index (χ0) is 23.9. The van der Waals surface area contributed by atoms with Gasteiger partial charge < -0.3 is 23.8 Å². The van der Waals surface area contributed by atoms with Crippen molar-refractivity contribution in [2.45, 2.75) is 6.54 Å². The lowest BCUT2D eigenvalue weighted by Gasteiger charge is -2.26. The van der Waals surface area contributed by atoms with Crippen LogP contribution >= 0.6 is 0 Å². The van der Waals surface area contributed by atoms with Crippen LogP contribution in [0.3, 0.4) is 0 Å².